The summed E-state index contributed by atoms with van der Waals surface area (Å²) >= 11 is 5.97. The summed E-state index contributed by atoms with van der Waals surface area (Å²) in [5.41, 5.74) is 2.04. The van der Waals surface area contributed by atoms with E-state index < -0.39 is 5.82 Å². The van der Waals surface area contributed by atoms with Crippen LogP contribution in [0.5, 0.6) is 0 Å². The van der Waals surface area contributed by atoms with Crippen LogP contribution < -0.4 is 0 Å². The molecule has 1 saturated carbocycles. The Kier molecular flexibility index (Phi) is 2.59. The molecule has 3 nitrogen and oxygen atoms in total. The van der Waals surface area contributed by atoms with Crippen molar-refractivity contribution < 1.29 is 5.76 Å². The van der Waals surface area contributed by atoms with Gasteiger partial charge >= 0.3 is 0 Å². The summed E-state index contributed by atoms with van der Waals surface area (Å²) in [6.45, 7) is 2.74. The summed E-state index contributed by atoms with van der Waals surface area (Å²) < 4.78 is 26.7. The number of nitrogens with zero attached hydrogens (tertiary/aromatic N) is 3. The number of hydrogen-bond donors (Lipinski definition) is 0. The van der Waals surface area contributed by atoms with Crippen LogP contribution in [0.15, 0.2) is 30.6 Å². The van der Waals surface area contributed by atoms with Gasteiger partial charge in [0.15, 0.2) is 5.82 Å². The Morgan fingerprint density at radius 2 is 2.29 bits per heavy atom. The molecule has 0 bridgehead atoms. The fourth-order valence-corrected chi connectivity index (χ4v) is 2.88. The van der Waals surface area contributed by atoms with Gasteiger partial charge in [-0.15, -0.1) is 0 Å². The van der Waals surface area contributed by atoms with Gasteiger partial charge in [-0.05, 0) is 37.8 Å². The van der Waals surface area contributed by atoms with Crippen molar-refractivity contribution in [1.82, 2.24) is 14.3 Å². The van der Waals surface area contributed by atoms with Crippen LogP contribution in [0.4, 0.5) is 4.39 Å². The van der Waals surface area contributed by atoms with E-state index in [1.807, 2.05) is 17.7 Å². The first-order chi connectivity index (χ1) is 10.6. The van der Waals surface area contributed by atoms with E-state index in [1.54, 1.807) is 16.9 Å². The molecule has 0 unspecified atom stereocenters. The van der Waals surface area contributed by atoms with Crippen LogP contribution in [0.2, 0.25) is 5.02 Å². The minimum atomic E-state index is -0.469. The van der Waals surface area contributed by atoms with Gasteiger partial charge in [0.05, 0.1) is 23.8 Å². The molecule has 0 radical (unpaired) electrons. The molecular formula is C16H15ClFN3. The van der Waals surface area contributed by atoms with Crippen molar-refractivity contribution in [3.8, 4) is 5.69 Å². The number of halogens is 2. The van der Waals surface area contributed by atoms with E-state index in [-0.39, 0.29) is 5.02 Å². The lowest BCUT2D eigenvalue weighted by Crippen LogP contribution is -2.00. The Bertz CT molecular complexity index is 879. The first kappa shape index (κ1) is 11.8. The normalized spacial score (nSPS) is 15.7. The molecule has 0 spiro atoms. The predicted octanol–water partition coefficient (Wildman–Crippen LogP) is 4.52. The highest BCUT2D eigenvalue weighted by molar-refractivity contribution is 6.31. The predicted molar refractivity (Wildman–Crippen MR) is 81.7 cm³/mol. The summed E-state index contributed by atoms with van der Waals surface area (Å²) in [6, 6.07) is 3.65. The van der Waals surface area contributed by atoms with Crippen molar-refractivity contribution >= 4 is 22.5 Å². The average Bonchev–Trinajstić information content (AvgIpc) is 3.15. The largest absolute Gasteiger partial charge is 0.308 e. The number of aryl methyl sites for hydroxylation is 1. The number of aromatic nitrogens is 3. The Balaban J connectivity index is 2.09. The molecule has 2 heterocycles. The maximum Gasteiger partial charge on any atom is 0.166 e. The van der Waals surface area contributed by atoms with Crippen LogP contribution >= 0.6 is 11.6 Å². The van der Waals surface area contributed by atoms with Crippen LogP contribution in [0, 0.1) is 5.82 Å². The monoisotopic (exact) mass is 304 g/mol. The number of benzene rings is 1. The van der Waals surface area contributed by atoms with Gasteiger partial charge in [-0.1, -0.05) is 17.7 Å². The fraction of sp³-hybridized carbons (Fsp3) is 0.312. The topological polar surface area (TPSA) is 22.8 Å². The van der Waals surface area contributed by atoms with E-state index in [0.29, 0.717) is 22.9 Å². The van der Waals surface area contributed by atoms with Gasteiger partial charge in [0.2, 0.25) is 0 Å². The van der Waals surface area contributed by atoms with E-state index in [2.05, 4.69) is 5.10 Å². The molecule has 0 aliphatic heterocycles. The van der Waals surface area contributed by atoms with Gasteiger partial charge < -0.3 is 4.57 Å². The molecule has 1 aliphatic rings. The molecule has 0 amide bonds. The van der Waals surface area contributed by atoms with Crippen molar-refractivity contribution in [1.29, 1.82) is 0 Å². The number of hydrogen-bond acceptors (Lipinski definition) is 1. The van der Waals surface area contributed by atoms with Gasteiger partial charge in [0.1, 0.15) is 0 Å². The van der Waals surface area contributed by atoms with Gasteiger partial charge in [-0.25, -0.2) is 4.39 Å². The average molecular weight is 305 g/mol. The van der Waals surface area contributed by atoms with Crippen LogP contribution in [-0.4, -0.2) is 14.3 Å². The second-order valence-corrected chi connectivity index (χ2v) is 5.84. The summed E-state index contributed by atoms with van der Waals surface area (Å²) in [6.07, 6.45) is 5.68. The summed E-state index contributed by atoms with van der Waals surface area (Å²) in [4.78, 5) is 0. The van der Waals surface area contributed by atoms with E-state index in [9.17, 15) is 4.39 Å². The summed E-state index contributed by atoms with van der Waals surface area (Å²) in [5, 5.41) is 4.96. The van der Waals surface area contributed by atoms with Gasteiger partial charge in [-0.3, -0.25) is 4.68 Å². The maximum absolute atomic E-state index is 14.6. The molecule has 3 aromatic rings. The molecule has 2 aromatic heterocycles. The van der Waals surface area contributed by atoms with Crippen LogP contribution in [0.1, 0.15) is 32.7 Å². The van der Waals surface area contributed by atoms with Crippen molar-refractivity contribution in [2.24, 2.45) is 0 Å². The Morgan fingerprint density at radius 3 is 2.95 bits per heavy atom. The van der Waals surface area contributed by atoms with E-state index in [1.165, 1.54) is 6.07 Å². The minimum Gasteiger partial charge on any atom is -0.308 e. The molecule has 1 aliphatic carbocycles. The second kappa shape index (κ2) is 4.60. The molecule has 0 saturated heterocycles. The fourth-order valence-electron chi connectivity index (χ4n) is 2.72. The van der Waals surface area contributed by atoms with Crippen LogP contribution in [0.25, 0.3) is 16.6 Å². The van der Waals surface area contributed by atoms with Crippen molar-refractivity contribution in [3.63, 3.8) is 0 Å². The van der Waals surface area contributed by atoms with E-state index in [4.69, 9.17) is 13.0 Å². The standard InChI is InChI=1S/C16H15ClFN3/c1-2-20-9-12(8-19-20)21-14(10-3-4-10)7-11-5-6-13(17)15(18)16(11)21/h5-10H,2-4H2,1H3/i7D. The lowest BCUT2D eigenvalue weighted by atomic mass is 10.2. The highest BCUT2D eigenvalue weighted by Crippen LogP contribution is 2.44. The zero-order valence-electron chi connectivity index (χ0n) is 12.6. The SMILES string of the molecule is [2H]c1c(C2CC2)n(-c2cnn(CC)c2)c2c(F)c(Cl)ccc12. The molecular weight excluding hydrogens is 289 g/mol. The van der Waals surface area contributed by atoms with Crippen LogP contribution in [0.3, 0.4) is 0 Å². The van der Waals surface area contributed by atoms with Gasteiger partial charge in [-0.2, -0.15) is 5.10 Å². The lowest BCUT2D eigenvalue weighted by molar-refractivity contribution is 0.634. The molecule has 4 rings (SSSR count). The summed E-state index contributed by atoms with van der Waals surface area (Å²) in [5.74, 6) is -0.146. The van der Waals surface area contributed by atoms with Crippen LogP contribution in [-0.2, 0) is 6.54 Å². The first-order valence-corrected chi connectivity index (χ1v) is 7.51. The molecule has 5 heteroatoms. The third-order valence-corrected chi connectivity index (χ3v) is 4.25. The minimum absolute atomic E-state index is 0.0801. The Hall–Kier alpha value is -1.81. The molecule has 1 fully saturated rings. The van der Waals surface area contributed by atoms with Crippen molar-refractivity contribution in [2.75, 3.05) is 0 Å². The van der Waals surface area contributed by atoms with E-state index >= 15 is 0 Å². The lowest BCUT2D eigenvalue weighted by Gasteiger charge is -2.08. The van der Waals surface area contributed by atoms with Gasteiger partial charge in [0.25, 0.3) is 0 Å². The molecule has 0 N–H and O–H groups in total. The zero-order valence-corrected chi connectivity index (χ0v) is 12.4. The van der Waals surface area contributed by atoms with Gasteiger partial charge in [0, 0.05) is 23.8 Å². The maximum atomic E-state index is 14.6. The van der Waals surface area contributed by atoms with Crippen molar-refractivity contribution in [3.05, 3.63) is 47.1 Å². The molecule has 1 aromatic carbocycles. The Labute approximate surface area is 128 Å². The number of fused-ring (bicyclic) bond motifs is 1. The van der Waals surface area contributed by atoms with E-state index in [0.717, 1.165) is 30.8 Å². The molecule has 21 heavy (non-hydrogen) atoms. The smallest absolute Gasteiger partial charge is 0.166 e. The third kappa shape index (κ3) is 1.97. The molecule has 0 atom stereocenters. The number of rotatable bonds is 3. The Morgan fingerprint density at radius 1 is 1.48 bits per heavy atom. The first-order valence-electron chi connectivity index (χ1n) is 7.63. The van der Waals surface area contributed by atoms with Crippen molar-refractivity contribution in [2.45, 2.75) is 32.2 Å². The highest BCUT2D eigenvalue weighted by atomic mass is 35.5. The highest BCUT2D eigenvalue weighted by Gasteiger charge is 2.29. The molecule has 108 valence electrons. The second-order valence-electron chi connectivity index (χ2n) is 5.43. The summed E-state index contributed by atoms with van der Waals surface area (Å²) in [7, 11) is 0. The quantitative estimate of drug-likeness (QED) is 0.697. The third-order valence-electron chi connectivity index (χ3n) is 3.96. The zero-order chi connectivity index (χ0) is 15.4.